The Morgan fingerprint density at radius 1 is 1.00 bits per heavy atom. The van der Waals surface area contributed by atoms with Gasteiger partial charge in [0.2, 0.25) is 5.91 Å². The Morgan fingerprint density at radius 3 is 2.41 bits per heavy atom. The number of amides is 1. The molecule has 0 aliphatic rings. The Hall–Kier alpha value is -2.37. The highest BCUT2D eigenvalue weighted by molar-refractivity contribution is 5.91. The molecule has 5 heteroatoms. The summed E-state index contributed by atoms with van der Waals surface area (Å²) in [6.07, 6.45) is 0. The highest BCUT2D eigenvalue weighted by Gasteiger charge is 2.02. The molecule has 1 amide bonds. The number of anilines is 1. The van der Waals surface area contributed by atoms with Gasteiger partial charge in [0.25, 0.3) is 0 Å². The van der Waals surface area contributed by atoms with E-state index in [2.05, 4.69) is 5.32 Å². The molecule has 0 saturated heterocycles. The predicted molar refractivity (Wildman–Crippen MR) is 85.7 cm³/mol. The van der Waals surface area contributed by atoms with E-state index in [-0.39, 0.29) is 12.5 Å². The molecule has 0 bridgehead atoms. The van der Waals surface area contributed by atoms with E-state index in [1.165, 1.54) is 0 Å². The largest absolute Gasteiger partial charge is 0.491 e. The molecular weight excluding hydrogens is 280 g/mol. The lowest BCUT2D eigenvalue weighted by atomic mass is 10.2. The molecule has 0 atom stereocenters. The minimum atomic E-state index is -0.194. The summed E-state index contributed by atoms with van der Waals surface area (Å²) in [6, 6.07) is 16.9. The van der Waals surface area contributed by atoms with Crippen LogP contribution in [0.15, 0.2) is 54.6 Å². The highest BCUT2D eigenvalue weighted by Crippen LogP contribution is 2.09. The van der Waals surface area contributed by atoms with Crippen molar-refractivity contribution >= 4 is 11.6 Å². The second-order valence-corrected chi connectivity index (χ2v) is 4.66. The van der Waals surface area contributed by atoms with Gasteiger partial charge in [-0.25, -0.2) is 0 Å². The second-order valence-electron chi connectivity index (χ2n) is 4.66. The van der Waals surface area contributed by atoms with Crippen LogP contribution in [0.5, 0.6) is 5.75 Å². The third-order valence-electron chi connectivity index (χ3n) is 2.95. The van der Waals surface area contributed by atoms with Crippen molar-refractivity contribution < 1.29 is 14.3 Å². The van der Waals surface area contributed by atoms with Gasteiger partial charge in [0.1, 0.15) is 19.0 Å². The van der Waals surface area contributed by atoms with Gasteiger partial charge in [-0.05, 0) is 29.8 Å². The van der Waals surface area contributed by atoms with E-state index in [1.54, 1.807) is 0 Å². The van der Waals surface area contributed by atoms with Crippen LogP contribution in [0, 0.1) is 0 Å². The van der Waals surface area contributed by atoms with Gasteiger partial charge in [0, 0.05) is 12.2 Å². The summed E-state index contributed by atoms with van der Waals surface area (Å²) >= 11 is 0. The molecule has 0 aliphatic carbocycles. The maximum absolute atomic E-state index is 11.7. The van der Waals surface area contributed by atoms with Crippen LogP contribution in [-0.4, -0.2) is 25.7 Å². The molecule has 0 aromatic heterocycles. The Kier molecular flexibility index (Phi) is 6.41. The van der Waals surface area contributed by atoms with Crippen molar-refractivity contribution in [3.05, 3.63) is 60.2 Å². The molecule has 0 saturated carbocycles. The van der Waals surface area contributed by atoms with Crippen LogP contribution < -0.4 is 15.8 Å². The molecule has 2 aromatic rings. The number of ether oxygens (including phenoxy) is 2. The lowest BCUT2D eigenvalue weighted by molar-refractivity contribution is -0.120. The van der Waals surface area contributed by atoms with Crippen LogP contribution in [0.4, 0.5) is 5.69 Å². The van der Waals surface area contributed by atoms with Crippen LogP contribution in [0.1, 0.15) is 5.56 Å². The maximum atomic E-state index is 11.7. The average molecular weight is 300 g/mol. The van der Waals surface area contributed by atoms with Gasteiger partial charge in [0.15, 0.2) is 0 Å². The minimum Gasteiger partial charge on any atom is -0.491 e. The molecule has 116 valence electrons. The smallest absolute Gasteiger partial charge is 0.250 e. The van der Waals surface area contributed by atoms with E-state index in [1.807, 2.05) is 54.6 Å². The molecule has 0 radical (unpaired) electrons. The first kappa shape index (κ1) is 16.0. The van der Waals surface area contributed by atoms with Gasteiger partial charge < -0.3 is 20.5 Å². The number of carbonyl (C=O) groups excluding carboxylic acids is 1. The van der Waals surface area contributed by atoms with Crippen molar-refractivity contribution in [3.63, 3.8) is 0 Å². The molecular formula is C17H20N2O3. The number of carbonyl (C=O) groups is 1. The standard InChI is InChI=1S/C17H20N2O3/c18-12-14-6-8-15(9-7-14)19-17(20)13-21-10-11-22-16-4-2-1-3-5-16/h1-9H,10-13,18H2,(H,19,20). The van der Waals surface area contributed by atoms with Gasteiger partial charge in [-0.15, -0.1) is 0 Å². The summed E-state index contributed by atoms with van der Waals surface area (Å²) in [5.74, 6) is 0.593. The first-order valence-electron chi connectivity index (χ1n) is 7.12. The number of hydrogen-bond donors (Lipinski definition) is 2. The molecule has 5 nitrogen and oxygen atoms in total. The van der Waals surface area contributed by atoms with E-state index >= 15 is 0 Å². The summed E-state index contributed by atoms with van der Waals surface area (Å²) in [7, 11) is 0. The van der Waals surface area contributed by atoms with Crippen LogP contribution in [0.25, 0.3) is 0 Å². The van der Waals surface area contributed by atoms with Crippen molar-refractivity contribution in [1.82, 2.24) is 0 Å². The van der Waals surface area contributed by atoms with Gasteiger partial charge in [-0.3, -0.25) is 4.79 Å². The van der Waals surface area contributed by atoms with Gasteiger partial charge in [-0.2, -0.15) is 0 Å². The summed E-state index contributed by atoms with van der Waals surface area (Å²) in [4.78, 5) is 11.7. The lowest BCUT2D eigenvalue weighted by Crippen LogP contribution is -2.20. The number of nitrogens with two attached hydrogens (primary N) is 1. The fourth-order valence-corrected chi connectivity index (χ4v) is 1.82. The normalized spacial score (nSPS) is 10.2. The van der Waals surface area contributed by atoms with Crippen molar-refractivity contribution in [2.24, 2.45) is 5.73 Å². The molecule has 3 N–H and O–H groups in total. The summed E-state index contributed by atoms with van der Waals surface area (Å²) < 4.78 is 10.7. The number of para-hydroxylation sites is 1. The summed E-state index contributed by atoms with van der Waals surface area (Å²) in [6.45, 7) is 1.24. The van der Waals surface area contributed by atoms with Crippen molar-refractivity contribution in [2.75, 3.05) is 25.1 Å². The topological polar surface area (TPSA) is 73.6 Å². The zero-order valence-corrected chi connectivity index (χ0v) is 12.3. The lowest BCUT2D eigenvalue weighted by Gasteiger charge is -2.08. The van der Waals surface area contributed by atoms with Crippen LogP contribution in [0.2, 0.25) is 0 Å². The third kappa shape index (κ3) is 5.55. The zero-order chi connectivity index (χ0) is 15.6. The van der Waals surface area contributed by atoms with Gasteiger partial charge in [0.05, 0.1) is 6.61 Å². The van der Waals surface area contributed by atoms with E-state index in [0.29, 0.717) is 19.8 Å². The summed E-state index contributed by atoms with van der Waals surface area (Å²) in [5, 5.41) is 2.76. The summed E-state index contributed by atoms with van der Waals surface area (Å²) in [5.41, 5.74) is 7.27. The molecule has 0 spiro atoms. The monoisotopic (exact) mass is 300 g/mol. The molecule has 22 heavy (non-hydrogen) atoms. The van der Waals surface area contributed by atoms with E-state index in [9.17, 15) is 4.79 Å². The fourth-order valence-electron chi connectivity index (χ4n) is 1.82. The Bertz CT molecular complexity index is 570. The molecule has 2 rings (SSSR count). The molecule has 2 aromatic carbocycles. The van der Waals surface area contributed by atoms with E-state index in [0.717, 1.165) is 17.0 Å². The third-order valence-corrected chi connectivity index (χ3v) is 2.95. The van der Waals surface area contributed by atoms with E-state index in [4.69, 9.17) is 15.2 Å². The Balaban J connectivity index is 1.61. The van der Waals surface area contributed by atoms with Crippen molar-refractivity contribution in [3.8, 4) is 5.75 Å². The van der Waals surface area contributed by atoms with Gasteiger partial charge in [-0.1, -0.05) is 30.3 Å². The number of nitrogens with one attached hydrogen (secondary N) is 1. The zero-order valence-electron chi connectivity index (χ0n) is 12.3. The first-order chi connectivity index (χ1) is 10.8. The van der Waals surface area contributed by atoms with Crippen LogP contribution >= 0.6 is 0 Å². The van der Waals surface area contributed by atoms with Gasteiger partial charge >= 0.3 is 0 Å². The maximum Gasteiger partial charge on any atom is 0.250 e. The highest BCUT2D eigenvalue weighted by atomic mass is 16.5. The quantitative estimate of drug-likeness (QED) is 0.733. The molecule has 0 fully saturated rings. The van der Waals surface area contributed by atoms with Crippen LogP contribution in [0.3, 0.4) is 0 Å². The number of hydrogen-bond acceptors (Lipinski definition) is 4. The van der Waals surface area contributed by atoms with E-state index < -0.39 is 0 Å². The number of rotatable bonds is 8. The predicted octanol–water partition coefficient (Wildman–Crippen LogP) is 2.18. The molecule has 0 heterocycles. The SMILES string of the molecule is NCc1ccc(NC(=O)COCCOc2ccccc2)cc1. The number of benzene rings is 2. The molecule has 0 aliphatic heterocycles. The van der Waals surface area contributed by atoms with Crippen molar-refractivity contribution in [1.29, 1.82) is 0 Å². The van der Waals surface area contributed by atoms with Crippen molar-refractivity contribution in [2.45, 2.75) is 6.54 Å². The average Bonchev–Trinajstić information content (AvgIpc) is 2.56. The van der Waals surface area contributed by atoms with Crippen LogP contribution in [-0.2, 0) is 16.1 Å². The first-order valence-corrected chi connectivity index (χ1v) is 7.12. The second kappa shape index (κ2) is 8.81. The fraction of sp³-hybridized carbons (Fsp3) is 0.235. The minimum absolute atomic E-state index is 0.00318. The Labute approximate surface area is 130 Å². The Morgan fingerprint density at radius 2 is 1.73 bits per heavy atom. The molecule has 0 unspecified atom stereocenters.